The number of rotatable bonds is 4. The lowest BCUT2D eigenvalue weighted by atomic mass is 10.3. The predicted octanol–water partition coefficient (Wildman–Crippen LogP) is 3.62. The van der Waals surface area contributed by atoms with E-state index in [4.69, 9.17) is 23.2 Å². The van der Waals surface area contributed by atoms with E-state index < -0.39 is 37.6 Å². The molecule has 2 amide bonds. The SMILES string of the molecule is O=C(Nc1ccc(Cl)c(S(=O)(=O)[C@@H]2CCNC2)c1O)Nc1cccc(F)c1Cl. The summed E-state index contributed by atoms with van der Waals surface area (Å²) in [5.74, 6) is -1.38. The van der Waals surface area contributed by atoms with Gasteiger partial charge in [-0.3, -0.25) is 0 Å². The summed E-state index contributed by atoms with van der Waals surface area (Å²) in [6, 6.07) is 5.55. The van der Waals surface area contributed by atoms with E-state index in [1.807, 2.05) is 0 Å². The standard InChI is InChI=1S/C17H16Cl2FN3O4S/c18-10-4-5-13(15(24)16(10)28(26,27)9-6-7-21-8-9)23-17(25)22-12-3-1-2-11(20)14(12)19/h1-5,9,21,24H,6-8H2,(H2,22,23,25)/t9-/m1/s1. The molecule has 1 aliphatic rings. The van der Waals surface area contributed by atoms with Crippen LogP contribution in [0.15, 0.2) is 35.2 Å². The topological polar surface area (TPSA) is 108 Å². The van der Waals surface area contributed by atoms with Crippen LogP contribution in [0.5, 0.6) is 5.75 Å². The number of carbonyl (C=O) groups is 1. The van der Waals surface area contributed by atoms with Crippen molar-refractivity contribution in [3.8, 4) is 5.75 Å². The maximum absolute atomic E-state index is 13.5. The molecule has 1 heterocycles. The Labute approximate surface area is 170 Å². The molecule has 4 N–H and O–H groups in total. The van der Waals surface area contributed by atoms with Gasteiger partial charge in [0.2, 0.25) is 0 Å². The van der Waals surface area contributed by atoms with Crippen LogP contribution in [-0.2, 0) is 9.84 Å². The van der Waals surface area contributed by atoms with Crippen LogP contribution in [-0.4, -0.2) is 37.9 Å². The van der Waals surface area contributed by atoms with E-state index in [0.29, 0.717) is 13.0 Å². The molecule has 1 aliphatic heterocycles. The van der Waals surface area contributed by atoms with Gasteiger partial charge in [0.1, 0.15) is 10.7 Å². The molecule has 3 rings (SSSR count). The van der Waals surface area contributed by atoms with E-state index >= 15 is 0 Å². The molecule has 7 nitrogen and oxygen atoms in total. The molecule has 11 heteroatoms. The molecule has 0 bridgehead atoms. The lowest BCUT2D eigenvalue weighted by molar-refractivity contribution is 0.262. The number of sulfone groups is 1. The Hall–Kier alpha value is -2.07. The van der Waals surface area contributed by atoms with Gasteiger partial charge < -0.3 is 21.1 Å². The molecular weight excluding hydrogens is 432 g/mol. The molecule has 1 atom stereocenters. The summed E-state index contributed by atoms with van der Waals surface area (Å²) in [7, 11) is -3.92. The summed E-state index contributed by atoms with van der Waals surface area (Å²) < 4.78 is 39.1. The van der Waals surface area contributed by atoms with E-state index in [1.165, 1.54) is 24.3 Å². The van der Waals surface area contributed by atoms with Crippen molar-refractivity contribution in [2.75, 3.05) is 23.7 Å². The number of hydrogen-bond acceptors (Lipinski definition) is 5. The quantitative estimate of drug-likeness (QED) is 0.535. The Morgan fingerprint density at radius 1 is 1.18 bits per heavy atom. The van der Waals surface area contributed by atoms with Crippen LogP contribution < -0.4 is 16.0 Å². The number of benzene rings is 2. The number of nitrogens with one attached hydrogen (secondary N) is 3. The highest BCUT2D eigenvalue weighted by molar-refractivity contribution is 7.92. The molecular formula is C17H16Cl2FN3O4S. The van der Waals surface area contributed by atoms with Gasteiger partial charge >= 0.3 is 6.03 Å². The summed E-state index contributed by atoms with van der Waals surface area (Å²) in [4.78, 5) is 11.8. The third-order valence-corrected chi connectivity index (χ3v) is 7.34. The molecule has 0 aliphatic carbocycles. The normalized spacial score (nSPS) is 16.8. The van der Waals surface area contributed by atoms with Gasteiger partial charge in [0.15, 0.2) is 15.6 Å². The maximum atomic E-state index is 13.5. The monoisotopic (exact) mass is 447 g/mol. The molecule has 2 aromatic rings. The first-order valence-electron chi connectivity index (χ1n) is 8.20. The summed E-state index contributed by atoms with van der Waals surface area (Å²) >= 11 is 11.8. The number of phenols is 1. The molecule has 0 saturated carbocycles. The number of amides is 2. The first kappa shape index (κ1) is 20.7. The average Bonchev–Trinajstić information content (AvgIpc) is 3.17. The molecule has 0 spiro atoms. The highest BCUT2D eigenvalue weighted by Gasteiger charge is 2.35. The van der Waals surface area contributed by atoms with Crippen LogP contribution in [0.1, 0.15) is 6.42 Å². The smallest absolute Gasteiger partial charge is 0.323 e. The van der Waals surface area contributed by atoms with E-state index in [0.717, 1.165) is 6.07 Å². The summed E-state index contributed by atoms with van der Waals surface area (Å²) in [6.45, 7) is 0.783. The molecule has 0 radical (unpaired) electrons. The maximum Gasteiger partial charge on any atom is 0.323 e. The fourth-order valence-electron chi connectivity index (χ4n) is 2.85. The van der Waals surface area contributed by atoms with Gasteiger partial charge in [-0.2, -0.15) is 0 Å². The minimum absolute atomic E-state index is 0.0116. The van der Waals surface area contributed by atoms with Gasteiger partial charge in [-0.15, -0.1) is 0 Å². The molecule has 150 valence electrons. The van der Waals surface area contributed by atoms with Crippen molar-refractivity contribution in [3.05, 3.63) is 46.2 Å². The second-order valence-electron chi connectivity index (χ2n) is 6.11. The van der Waals surface area contributed by atoms with E-state index in [2.05, 4.69) is 16.0 Å². The number of urea groups is 1. The van der Waals surface area contributed by atoms with Crippen molar-refractivity contribution in [3.63, 3.8) is 0 Å². The molecule has 28 heavy (non-hydrogen) atoms. The predicted molar refractivity (Wildman–Crippen MR) is 106 cm³/mol. The minimum Gasteiger partial charge on any atom is -0.504 e. The fraction of sp³-hybridized carbons (Fsp3) is 0.235. The number of halogens is 3. The van der Waals surface area contributed by atoms with E-state index in [-0.39, 0.29) is 28.0 Å². The van der Waals surface area contributed by atoms with Crippen LogP contribution in [0.25, 0.3) is 0 Å². The van der Waals surface area contributed by atoms with Crippen LogP contribution in [0.4, 0.5) is 20.6 Å². The molecule has 1 saturated heterocycles. The number of aromatic hydroxyl groups is 1. The van der Waals surface area contributed by atoms with Crippen molar-refractivity contribution in [1.29, 1.82) is 0 Å². The number of hydrogen-bond donors (Lipinski definition) is 4. The lowest BCUT2D eigenvalue weighted by Gasteiger charge is -2.16. The lowest BCUT2D eigenvalue weighted by Crippen LogP contribution is -2.25. The van der Waals surface area contributed by atoms with Gasteiger partial charge in [0.05, 0.1) is 26.7 Å². The molecule has 2 aromatic carbocycles. The Morgan fingerprint density at radius 2 is 1.89 bits per heavy atom. The second kappa shape index (κ2) is 8.12. The average molecular weight is 448 g/mol. The Bertz CT molecular complexity index is 1030. The van der Waals surface area contributed by atoms with Gasteiger partial charge in [-0.25, -0.2) is 17.6 Å². The van der Waals surface area contributed by atoms with Gasteiger partial charge in [0, 0.05) is 6.54 Å². The summed E-state index contributed by atoms with van der Waals surface area (Å²) in [5, 5.41) is 16.9. The zero-order valence-electron chi connectivity index (χ0n) is 14.3. The highest BCUT2D eigenvalue weighted by atomic mass is 35.5. The van der Waals surface area contributed by atoms with Crippen molar-refractivity contribution < 1.29 is 22.7 Å². The third-order valence-electron chi connectivity index (χ3n) is 4.27. The van der Waals surface area contributed by atoms with Crippen molar-refractivity contribution in [1.82, 2.24) is 5.32 Å². The Kier molecular flexibility index (Phi) is 5.99. The summed E-state index contributed by atoms with van der Waals surface area (Å²) in [5.41, 5.74) is -0.156. The number of anilines is 2. The van der Waals surface area contributed by atoms with E-state index in [9.17, 15) is 22.7 Å². The van der Waals surface area contributed by atoms with Gasteiger partial charge in [0.25, 0.3) is 0 Å². The Morgan fingerprint density at radius 3 is 2.57 bits per heavy atom. The third kappa shape index (κ3) is 4.02. The molecule has 0 unspecified atom stereocenters. The first-order valence-corrected chi connectivity index (χ1v) is 10.5. The fourth-order valence-corrected chi connectivity index (χ4v) is 5.32. The van der Waals surface area contributed by atoms with Gasteiger partial charge in [-0.05, 0) is 37.2 Å². The minimum atomic E-state index is -3.92. The van der Waals surface area contributed by atoms with Crippen LogP contribution in [0, 0.1) is 5.82 Å². The zero-order valence-corrected chi connectivity index (χ0v) is 16.6. The van der Waals surface area contributed by atoms with Crippen molar-refractivity contribution >= 4 is 50.4 Å². The highest BCUT2D eigenvalue weighted by Crippen LogP contribution is 2.39. The number of carbonyl (C=O) groups excluding carboxylic acids is 1. The van der Waals surface area contributed by atoms with Crippen LogP contribution in [0.3, 0.4) is 0 Å². The largest absolute Gasteiger partial charge is 0.504 e. The number of phenolic OH excluding ortho intramolecular Hbond substituents is 1. The van der Waals surface area contributed by atoms with Crippen molar-refractivity contribution in [2.45, 2.75) is 16.6 Å². The summed E-state index contributed by atoms with van der Waals surface area (Å²) in [6.07, 6.45) is 0.383. The first-order chi connectivity index (χ1) is 13.2. The molecule has 0 aromatic heterocycles. The van der Waals surface area contributed by atoms with Crippen LogP contribution >= 0.6 is 23.2 Å². The van der Waals surface area contributed by atoms with E-state index in [1.54, 1.807) is 0 Å². The second-order valence-corrected chi connectivity index (χ2v) is 9.06. The van der Waals surface area contributed by atoms with Gasteiger partial charge in [-0.1, -0.05) is 29.3 Å². The van der Waals surface area contributed by atoms with Crippen LogP contribution in [0.2, 0.25) is 10.0 Å². The zero-order chi connectivity index (χ0) is 20.5. The molecule has 1 fully saturated rings. The Balaban J connectivity index is 1.87. The van der Waals surface area contributed by atoms with Crippen molar-refractivity contribution in [2.24, 2.45) is 0 Å².